The van der Waals surface area contributed by atoms with E-state index >= 15 is 0 Å². The number of nitrogens with one attached hydrogen (secondary N) is 1. The van der Waals surface area contributed by atoms with Crippen molar-refractivity contribution in [1.82, 2.24) is 10.2 Å². The van der Waals surface area contributed by atoms with Gasteiger partial charge in [-0.2, -0.15) is 0 Å². The quantitative estimate of drug-likeness (QED) is 0.676. The van der Waals surface area contributed by atoms with Gasteiger partial charge in [-0.1, -0.05) is 11.6 Å². The summed E-state index contributed by atoms with van der Waals surface area (Å²) in [6, 6.07) is 3.57. The fourth-order valence-corrected chi connectivity index (χ4v) is 3.54. The number of amides is 2. The molecule has 3 N–H and O–H groups in total. The minimum absolute atomic E-state index is 0.0176. The summed E-state index contributed by atoms with van der Waals surface area (Å²) in [6.07, 6.45) is -2.20. The van der Waals surface area contributed by atoms with Crippen molar-refractivity contribution in [1.29, 1.82) is 0 Å². The minimum atomic E-state index is -1.22. The van der Waals surface area contributed by atoms with Gasteiger partial charge in [-0.25, -0.2) is 4.39 Å². The number of aliphatic hydroxyl groups is 2. The van der Waals surface area contributed by atoms with Crippen molar-refractivity contribution in [3.63, 3.8) is 0 Å². The first kappa shape index (κ1) is 20.0. The largest absolute Gasteiger partial charge is 0.388 e. The third-order valence-corrected chi connectivity index (χ3v) is 5.23. The third kappa shape index (κ3) is 4.57. The van der Waals surface area contributed by atoms with Crippen molar-refractivity contribution < 1.29 is 28.9 Å². The molecule has 2 saturated heterocycles. The van der Waals surface area contributed by atoms with Crippen molar-refractivity contribution >= 4 is 23.4 Å². The van der Waals surface area contributed by atoms with Gasteiger partial charge in [0, 0.05) is 25.2 Å². The Hall–Kier alpha value is -1.74. The molecular formula is C18H22ClFN2O5. The van der Waals surface area contributed by atoms with Crippen LogP contribution in [0.5, 0.6) is 0 Å². The van der Waals surface area contributed by atoms with Crippen LogP contribution in [0, 0.1) is 5.82 Å². The van der Waals surface area contributed by atoms with E-state index in [0.717, 1.165) is 18.9 Å². The fourth-order valence-electron chi connectivity index (χ4n) is 3.36. The number of nitrogens with zero attached hydrogens (tertiary/aromatic N) is 1. The predicted molar refractivity (Wildman–Crippen MR) is 94.8 cm³/mol. The van der Waals surface area contributed by atoms with Crippen LogP contribution < -0.4 is 5.32 Å². The highest BCUT2D eigenvalue weighted by Gasteiger charge is 2.43. The summed E-state index contributed by atoms with van der Waals surface area (Å²) in [5, 5.41) is 22.7. The Balaban J connectivity index is 1.53. The van der Waals surface area contributed by atoms with E-state index in [1.807, 2.05) is 0 Å². The fraction of sp³-hybridized carbons (Fsp3) is 0.556. The van der Waals surface area contributed by atoms with Crippen molar-refractivity contribution in [2.45, 2.75) is 43.7 Å². The lowest BCUT2D eigenvalue weighted by molar-refractivity contribution is -0.134. The molecule has 0 aliphatic carbocycles. The number of hydrogen-bond acceptors (Lipinski definition) is 5. The van der Waals surface area contributed by atoms with Crippen molar-refractivity contribution in [3.8, 4) is 0 Å². The van der Waals surface area contributed by atoms with Crippen LogP contribution >= 0.6 is 11.6 Å². The van der Waals surface area contributed by atoms with Crippen molar-refractivity contribution in [2.75, 3.05) is 19.6 Å². The summed E-state index contributed by atoms with van der Waals surface area (Å²) in [5.74, 6) is -1.26. The summed E-state index contributed by atoms with van der Waals surface area (Å²) in [5.41, 5.74) is 0.162. The number of likely N-dealkylation sites (tertiary alicyclic amines) is 1. The third-order valence-electron chi connectivity index (χ3n) is 4.94. The van der Waals surface area contributed by atoms with Crippen LogP contribution in [0.3, 0.4) is 0 Å². The second-order valence-corrected chi connectivity index (χ2v) is 7.23. The van der Waals surface area contributed by atoms with Crippen LogP contribution in [0.25, 0.3) is 0 Å². The summed E-state index contributed by atoms with van der Waals surface area (Å²) in [6.45, 7) is 1.33. The maximum atomic E-state index is 13.2. The molecule has 0 aromatic heterocycles. The molecule has 7 nitrogen and oxygen atoms in total. The van der Waals surface area contributed by atoms with E-state index in [2.05, 4.69) is 5.32 Å². The summed E-state index contributed by atoms with van der Waals surface area (Å²) in [4.78, 5) is 26.1. The highest BCUT2D eigenvalue weighted by molar-refractivity contribution is 6.31. The molecule has 0 radical (unpaired) electrons. The Bertz CT molecular complexity index is 713. The Morgan fingerprint density at radius 2 is 1.89 bits per heavy atom. The number of carbonyl (C=O) groups excluding carboxylic acids is 2. The number of carbonyl (C=O) groups is 2. The second-order valence-electron chi connectivity index (χ2n) is 6.83. The van der Waals surface area contributed by atoms with Gasteiger partial charge in [0.15, 0.2) is 0 Å². The molecule has 0 saturated carbocycles. The Labute approximate surface area is 161 Å². The van der Waals surface area contributed by atoms with Crippen molar-refractivity contribution in [2.24, 2.45) is 0 Å². The molecule has 2 fully saturated rings. The molecule has 148 valence electrons. The first-order chi connectivity index (χ1) is 12.9. The van der Waals surface area contributed by atoms with E-state index in [9.17, 15) is 24.2 Å². The summed E-state index contributed by atoms with van der Waals surface area (Å²) in [7, 11) is 0. The average Bonchev–Trinajstić information content (AvgIpc) is 3.27. The molecule has 9 heteroatoms. The highest BCUT2D eigenvalue weighted by Crippen LogP contribution is 2.25. The lowest BCUT2D eigenvalue weighted by Gasteiger charge is -2.19. The van der Waals surface area contributed by atoms with Gasteiger partial charge >= 0.3 is 0 Å². The monoisotopic (exact) mass is 400 g/mol. The molecule has 1 aromatic rings. The van der Waals surface area contributed by atoms with Crippen molar-refractivity contribution in [3.05, 3.63) is 34.6 Å². The van der Waals surface area contributed by atoms with E-state index in [1.165, 1.54) is 12.1 Å². The normalized spacial score (nSPS) is 27.8. The van der Waals surface area contributed by atoms with Gasteiger partial charge in [-0.3, -0.25) is 9.59 Å². The van der Waals surface area contributed by atoms with Gasteiger partial charge in [0.25, 0.3) is 5.91 Å². The maximum Gasteiger partial charge on any atom is 0.251 e. The van der Waals surface area contributed by atoms with Gasteiger partial charge in [0.2, 0.25) is 5.91 Å². The number of halogens is 2. The molecule has 1 aromatic carbocycles. The number of aliphatic hydroxyl groups excluding tert-OH is 2. The Kier molecular flexibility index (Phi) is 6.31. The Morgan fingerprint density at radius 1 is 1.22 bits per heavy atom. The first-order valence-electron chi connectivity index (χ1n) is 8.89. The van der Waals surface area contributed by atoms with E-state index in [0.29, 0.717) is 13.1 Å². The molecule has 0 spiro atoms. The topological polar surface area (TPSA) is 99.1 Å². The number of ether oxygens (including phenoxy) is 1. The minimum Gasteiger partial charge on any atom is -0.388 e. The van der Waals surface area contributed by atoms with E-state index < -0.39 is 36.1 Å². The molecule has 2 amide bonds. The van der Waals surface area contributed by atoms with Gasteiger partial charge in [0.1, 0.15) is 24.1 Å². The van der Waals surface area contributed by atoms with Gasteiger partial charge < -0.3 is 25.2 Å². The highest BCUT2D eigenvalue weighted by atomic mass is 35.5. The zero-order chi connectivity index (χ0) is 19.6. The van der Waals surface area contributed by atoms with Crippen LogP contribution in [-0.4, -0.2) is 71.0 Å². The molecule has 2 aliphatic heterocycles. The lowest BCUT2D eigenvalue weighted by Crippen LogP contribution is -2.40. The molecule has 4 atom stereocenters. The molecule has 2 heterocycles. The number of rotatable bonds is 5. The number of hydrogen-bond donors (Lipinski definition) is 3. The molecule has 0 bridgehead atoms. The SMILES string of the molecule is O=C(NCC1OC(CC(=O)N2CCCC2)C(O)C1O)c1ccc(F)c(Cl)c1. The summed E-state index contributed by atoms with van der Waals surface area (Å²) >= 11 is 5.66. The molecule has 2 aliphatic rings. The smallest absolute Gasteiger partial charge is 0.251 e. The average molecular weight is 401 g/mol. The van der Waals surface area contributed by atoms with Gasteiger partial charge in [0.05, 0.1) is 17.5 Å². The number of benzene rings is 1. The van der Waals surface area contributed by atoms with Crippen LogP contribution in [0.1, 0.15) is 29.6 Å². The van der Waals surface area contributed by atoms with E-state index in [1.54, 1.807) is 4.90 Å². The van der Waals surface area contributed by atoms with Crippen LogP contribution in [0.15, 0.2) is 18.2 Å². The summed E-state index contributed by atoms with van der Waals surface area (Å²) < 4.78 is 18.8. The van der Waals surface area contributed by atoms with Gasteiger partial charge in [-0.05, 0) is 31.0 Å². The van der Waals surface area contributed by atoms with Crippen LogP contribution in [0.2, 0.25) is 5.02 Å². The second kappa shape index (κ2) is 8.52. The van der Waals surface area contributed by atoms with E-state index in [-0.39, 0.29) is 29.5 Å². The van der Waals surface area contributed by atoms with Gasteiger partial charge in [-0.15, -0.1) is 0 Å². The standard InChI is InChI=1S/C18H22ClFN2O5/c19-11-7-10(3-4-12(11)20)18(26)21-9-14-17(25)16(24)13(27-14)8-15(23)22-5-1-2-6-22/h3-4,7,13-14,16-17,24-25H,1-2,5-6,8-9H2,(H,21,26). The van der Waals surface area contributed by atoms with E-state index in [4.69, 9.17) is 16.3 Å². The zero-order valence-corrected chi connectivity index (χ0v) is 15.4. The Morgan fingerprint density at radius 3 is 2.56 bits per heavy atom. The van der Waals surface area contributed by atoms with Crippen LogP contribution in [-0.2, 0) is 9.53 Å². The first-order valence-corrected chi connectivity index (χ1v) is 9.27. The van der Waals surface area contributed by atoms with Crippen LogP contribution in [0.4, 0.5) is 4.39 Å². The molecular weight excluding hydrogens is 379 g/mol. The predicted octanol–water partition coefficient (Wildman–Crippen LogP) is 0.711. The molecule has 3 rings (SSSR count). The zero-order valence-electron chi connectivity index (χ0n) is 14.6. The lowest BCUT2D eigenvalue weighted by atomic mass is 10.0. The molecule has 27 heavy (non-hydrogen) atoms. The maximum absolute atomic E-state index is 13.2. The molecule has 4 unspecified atom stereocenters.